The highest BCUT2D eigenvalue weighted by molar-refractivity contribution is 5.63. The maximum atomic E-state index is 5.44. The molecule has 1 N–H and O–H groups in total. The van der Waals surface area contributed by atoms with E-state index in [0.29, 0.717) is 13.2 Å². The van der Waals surface area contributed by atoms with Gasteiger partial charge in [0.2, 0.25) is 0 Å². The Morgan fingerprint density at radius 3 is 2.71 bits per heavy atom. The molecule has 0 fully saturated rings. The molecule has 4 heteroatoms. The minimum atomic E-state index is 0.441. The lowest BCUT2D eigenvalue weighted by molar-refractivity contribution is 0.128. The highest BCUT2D eigenvalue weighted by Gasteiger charge is 2.07. The van der Waals surface area contributed by atoms with Gasteiger partial charge in [-0.15, -0.1) is 0 Å². The number of aromatic nitrogens is 2. The van der Waals surface area contributed by atoms with Crippen molar-refractivity contribution in [2.75, 3.05) is 18.5 Å². The van der Waals surface area contributed by atoms with Crippen molar-refractivity contribution in [2.24, 2.45) is 0 Å². The van der Waals surface area contributed by atoms with Crippen LogP contribution in [0.25, 0.3) is 11.3 Å². The van der Waals surface area contributed by atoms with Crippen LogP contribution in [-0.4, -0.2) is 23.1 Å². The average molecular weight is 285 g/mol. The average Bonchev–Trinajstić information content (AvgIpc) is 2.50. The van der Waals surface area contributed by atoms with Crippen molar-refractivity contribution < 1.29 is 4.74 Å². The number of nitrogens with zero attached hydrogens (tertiary/aromatic N) is 2. The maximum Gasteiger partial charge on any atom is 0.157 e. The van der Waals surface area contributed by atoms with Crippen molar-refractivity contribution in [2.45, 2.75) is 33.8 Å². The molecule has 0 saturated carbocycles. The summed E-state index contributed by atoms with van der Waals surface area (Å²) in [5.41, 5.74) is 3.26. The lowest BCUT2D eigenvalue weighted by atomic mass is 10.1. The second-order valence-corrected chi connectivity index (χ2v) is 4.99. The van der Waals surface area contributed by atoms with Crippen molar-refractivity contribution in [3.8, 4) is 11.3 Å². The first-order valence-electron chi connectivity index (χ1n) is 7.49. The molecule has 0 aliphatic heterocycles. The summed E-state index contributed by atoms with van der Waals surface area (Å²) in [5.74, 6) is 1.58. The third-order valence-corrected chi connectivity index (χ3v) is 3.08. The molecule has 2 rings (SSSR count). The Kier molecular flexibility index (Phi) is 5.69. The minimum absolute atomic E-state index is 0.441. The van der Waals surface area contributed by atoms with Gasteiger partial charge < -0.3 is 10.1 Å². The highest BCUT2D eigenvalue weighted by atomic mass is 16.5. The monoisotopic (exact) mass is 285 g/mol. The zero-order valence-corrected chi connectivity index (χ0v) is 13.0. The van der Waals surface area contributed by atoms with Gasteiger partial charge in [-0.1, -0.05) is 30.7 Å². The molecule has 0 amide bonds. The molecule has 21 heavy (non-hydrogen) atoms. The van der Waals surface area contributed by atoms with E-state index in [0.717, 1.165) is 35.9 Å². The summed E-state index contributed by atoms with van der Waals surface area (Å²) in [5, 5.41) is 3.33. The Labute approximate surface area is 126 Å². The normalized spacial score (nSPS) is 10.6. The van der Waals surface area contributed by atoms with Crippen LogP contribution < -0.4 is 5.32 Å². The van der Waals surface area contributed by atoms with Gasteiger partial charge in [0.1, 0.15) is 12.4 Å². The van der Waals surface area contributed by atoms with Crippen LogP contribution in [0.3, 0.4) is 0 Å². The zero-order valence-electron chi connectivity index (χ0n) is 13.0. The number of rotatable bonds is 7. The Morgan fingerprint density at radius 1 is 1.14 bits per heavy atom. The fourth-order valence-corrected chi connectivity index (χ4v) is 2.05. The van der Waals surface area contributed by atoms with E-state index in [1.54, 1.807) is 0 Å². The summed E-state index contributed by atoms with van der Waals surface area (Å²) in [4.78, 5) is 9.12. The fourth-order valence-electron chi connectivity index (χ4n) is 2.05. The molecule has 0 spiro atoms. The number of ether oxygens (including phenoxy) is 1. The van der Waals surface area contributed by atoms with Crippen LogP contribution >= 0.6 is 0 Å². The number of hydrogen-bond acceptors (Lipinski definition) is 4. The Morgan fingerprint density at radius 2 is 2.00 bits per heavy atom. The predicted molar refractivity (Wildman–Crippen MR) is 86.3 cm³/mol. The first-order chi connectivity index (χ1) is 10.2. The van der Waals surface area contributed by atoms with Crippen LogP contribution in [0.4, 0.5) is 5.82 Å². The molecule has 1 aromatic carbocycles. The highest BCUT2D eigenvalue weighted by Crippen LogP contribution is 2.21. The molecular formula is C17H23N3O. The van der Waals surface area contributed by atoms with Crippen LogP contribution in [0, 0.1) is 6.92 Å². The topological polar surface area (TPSA) is 47.0 Å². The Balaban J connectivity index is 2.33. The number of aryl methyl sites for hydroxylation is 1. The number of hydrogen-bond donors (Lipinski definition) is 1. The van der Waals surface area contributed by atoms with Gasteiger partial charge >= 0.3 is 0 Å². The van der Waals surface area contributed by atoms with Gasteiger partial charge in [0, 0.05) is 24.8 Å². The lowest BCUT2D eigenvalue weighted by Crippen LogP contribution is -2.07. The van der Waals surface area contributed by atoms with Crippen molar-refractivity contribution in [1.29, 1.82) is 0 Å². The molecule has 0 radical (unpaired) electrons. The first kappa shape index (κ1) is 15.4. The molecule has 0 unspecified atom stereocenters. The molecule has 0 aliphatic carbocycles. The molecule has 0 bridgehead atoms. The van der Waals surface area contributed by atoms with E-state index < -0.39 is 0 Å². The lowest BCUT2D eigenvalue weighted by Gasteiger charge is -2.10. The van der Waals surface area contributed by atoms with Gasteiger partial charge in [0.05, 0.1) is 5.69 Å². The third-order valence-electron chi connectivity index (χ3n) is 3.08. The first-order valence-corrected chi connectivity index (χ1v) is 7.49. The summed E-state index contributed by atoms with van der Waals surface area (Å²) in [6.07, 6.45) is 1.06. The summed E-state index contributed by atoms with van der Waals surface area (Å²) >= 11 is 0. The van der Waals surface area contributed by atoms with E-state index in [1.165, 1.54) is 5.56 Å². The quantitative estimate of drug-likeness (QED) is 0.840. The van der Waals surface area contributed by atoms with Gasteiger partial charge in [-0.05, 0) is 26.3 Å². The van der Waals surface area contributed by atoms with Crippen LogP contribution in [0.15, 0.2) is 30.3 Å². The molecule has 0 atom stereocenters. The number of nitrogens with one attached hydrogen (secondary N) is 1. The molecule has 2 aromatic rings. The Bertz CT molecular complexity index is 558. The standard InChI is InChI=1S/C17H23N3O/c1-4-9-18-16-11-15(14-8-6-7-13(3)10-14)19-17(20-16)12-21-5-2/h6-8,10-11H,4-5,9,12H2,1-3H3,(H,18,19,20). The van der Waals surface area contributed by atoms with Gasteiger partial charge in [0.25, 0.3) is 0 Å². The van der Waals surface area contributed by atoms with Gasteiger partial charge in [-0.25, -0.2) is 9.97 Å². The zero-order chi connectivity index (χ0) is 15.1. The van der Waals surface area contributed by atoms with Crippen molar-refractivity contribution >= 4 is 5.82 Å². The Hall–Kier alpha value is -1.94. The van der Waals surface area contributed by atoms with Crippen LogP contribution in [0.2, 0.25) is 0 Å². The minimum Gasteiger partial charge on any atom is -0.374 e. The third kappa shape index (κ3) is 4.53. The second-order valence-electron chi connectivity index (χ2n) is 4.99. The summed E-state index contributed by atoms with van der Waals surface area (Å²) < 4.78 is 5.44. The SMILES string of the molecule is CCCNc1cc(-c2cccc(C)c2)nc(COCC)n1. The summed E-state index contributed by atoms with van der Waals surface area (Å²) in [7, 11) is 0. The van der Waals surface area contributed by atoms with Gasteiger partial charge in [-0.3, -0.25) is 0 Å². The van der Waals surface area contributed by atoms with Crippen molar-refractivity contribution in [3.05, 3.63) is 41.7 Å². The second kappa shape index (κ2) is 7.74. The summed E-state index contributed by atoms with van der Waals surface area (Å²) in [6, 6.07) is 10.3. The van der Waals surface area contributed by atoms with Crippen molar-refractivity contribution in [3.63, 3.8) is 0 Å². The van der Waals surface area contributed by atoms with Crippen LogP contribution in [0.5, 0.6) is 0 Å². The van der Waals surface area contributed by atoms with E-state index in [1.807, 2.05) is 19.1 Å². The van der Waals surface area contributed by atoms with Crippen LogP contribution in [0.1, 0.15) is 31.7 Å². The van der Waals surface area contributed by atoms with Gasteiger partial charge in [0.15, 0.2) is 5.82 Å². The molecule has 112 valence electrons. The molecule has 0 aliphatic rings. The van der Waals surface area contributed by atoms with E-state index in [-0.39, 0.29) is 0 Å². The largest absolute Gasteiger partial charge is 0.374 e. The smallest absolute Gasteiger partial charge is 0.157 e. The van der Waals surface area contributed by atoms with Gasteiger partial charge in [-0.2, -0.15) is 0 Å². The number of benzene rings is 1. The number of anilines is 1. The van der Waals surface area contributed by atoms with E-state index in [9.17, 15) is 0 Å². The van der Waals surface area contributed by atoms with Crippen molar-refractivity contribution in [1.82, 2.24) is 9.97 Å². The summed E-state index contributed by atoms with van der Waals surface area (Å²) in [6.45, 7) is 8.20. The molecule has 0 saturated heterocycles. The van der Waals surface area contributed by atoms with E-state index in [4.69, 9.17) is 4.74 Å². The maximum absolute atomic E-state index is 5.44. The molecule has 4 nitrogen and oxygen atoms in total. The fraction of sp³-hybridized carbons (Fsp3) is 0.412. The molecule has 1 heterocycles. The van der Waals surface area contributed by atoms with E-state index in [2.05, 4.69) is 47.3 Å². The predicted octanol–water partition coefficient (Wildman–Crippen LogP) is 3.81. The molecular weight excluding hydrogens is 262 g/mol. The van der Waals surface area contributed by atoms with E-state index >= 15 is 0 Å². The molecule has 1 aromatic heterocycles. The van der Waals surface area contributed by atoms with Crippen LogP contribution in [-0.2, 0) is 11.3 Å².